The molecule has 102 valence electrons. The highest BCUT2D eigenvalue weighted by Crippen LogP contribution is 2.22. The molecular weight excluding hydrogens is 244 g/mol. The maximum atomic E-state index is 10.9. The molecule has 2 N–H and O–H groups in total. The second kappa shape index (κ2) is 6.29. The number of rotatable bonds is 5. The molecule has 19 heavy (non-hydrogen) atoms. The van der Waals surface area contributed by atoms with E-state index in [1.165, 1.54) is 5.57 Å². The number of anilines is 1. The van der Waals surface area contributed by atoms with Crippen molar-refractivity contribution in [2.75, 3.05) is 25.0 Å². The van der Waals surface area contributed by atoms with Crippen LogP contribution < -0.4 is 10.6 Å². The first kappa shape index (κ1) is 13.5. The monoisotopic (exact) mass is 262 g/mol. The van der Waals surface area contributed by atoms with Crippen LogP contribution in [0.2, 0.25) is 0 Å². The van der Waals surface area contributed by atoms with Crippen LogP contribution in [-0.2, 0) is 0 Å². The second-order valence-electron chi connectivity index (χ2n) is 4.63. The van der Waals surface area contributed by atoms with Crippen molar-refractivity contribution < 1.29 is 4.92 Å². The summed E-state index contributed by atoms with van der Waals surface area (Å²) in [4.78, 5) is 14.6. The van der Waals surface area contributed by atoms with Crippen molar-refractivity contribution in [1.82, 2.24) is 10.3 Å². The molecule has 0 bridgehead atoms. The van der Waals surface area contributed by atoms with E-state index in [4.69, 9.17) is 0 Å². The Morgan fingerprint density at radius 2 is 2.42 bits per heavy atom. The third-order valence-electron chi connectivity index (χ3n) is 3.10. The van der Waals surface area contributed by atoms with Crippen LogP contribution in [0.5, 0.6) is 0 Å². The van der Waals surface area contributed by atoms with Crippen LogP contribution in [0.15, 0.2) is 23.9 Å². The third kappa shape index (κ3) is 3.75. The summed E-state index contributed by atoms with van der Waals surface area (Å²) in [5.74, 6) is 0.352. The fraction of sp³-hybridized carbons (Fsp3) is 0.462. The Morgan fingerprint density at radius 3 is 3.11 bits per heavy atom. The lowest BCUT2D eigenvalue weighted by atomic mass is 10.1. The minimum absolute atomic E-state index is 0.0410. The normalized spacial score (nSPS) is 14.9. The predicted molar refractivity (Wildman–Crippen MR) is 74.3 cm³/mol. The van der Waals surface area contributed by atoms with Gasteiger partial charge in [-0.25, -0.2) is 4.98 Å². The molecule has 0 amide bonds. The number of aryl methyl sites for hydroxylation is 1. The van der Waals surface area contributed by atoms with Crippen LogP contribution in [0.3, 0.4) is 0 Å². The lowest BCUT2D eigenvalue weighted by molar-refractivity contribution is -0.384. The smallest absolute Gasteiger partial charge is 0.311 e. The maximum Gasteiger partial charge on any atom is 0.311 e. The van der Waals surface area contributed by atoms with Crippen LogP contribution in [0.4, 0.5) is 11.5 Å². The molecule has 0 spiro atoms. The Bertz CT molecular complexity index is 499. The van der Waals surface area contributed by atoms with E-state index >= 15 is 0 Å². The molecule has 1 aliphatic rings. The average molecular weight is 262 g/mol. The maximum absolute atomic E-state index is 10.9. The highest BCUT2D eigenvalue weighted by atomic mass is 16.6. The first-order valence-electron chi connectivity index (χ1n) is 6.40. The summed E-state index contributed by atoms with van der Waals surface area (Å²) in [5, 5.41) is 17.3. The molecule has 6 nitrogen and oxygen atoms in total. The highest BCUT2D eigenvalue weighted by Gasteiger charge is 2.15. The van der Waals surface area contributed by atoms with Gasteiger partial charge in [-0.15, -0.1) is 0 Å². The van der Waals surface area contributed by atoms with Gasteiger partial charge in [-0.1, -0.05) is 11.6 Å². The minimum atomic E-state index is -0.397. The van der Waals surface area contributed by atoms with Gasteiger partial charge in [0.05, 0.1) is 4.92 Å². The van der Waals surface area contributed by atoms with Crippen molar-refractivity contribution in [3.05, 3.63) is 39.6 Å². The molecule has 0 saturated carbocycles. The quantitative estimate of drug-likeness (QED) is 0.482. The Balaban J connectivity index is 1.95. The fourth-order valence-corrected chi connectivity index (χ4v) is 2.07. The largest absolute Gasteiger partial charge is 0.364 e. The lowest BCUT2D eigenvalue weighted by Crippen LogP contribution is -2.21. The van der Waals surface area contributed by atoms with E-state index in [1.54, 1.807) is 19.2 Å². The van der Waals surface area contributed by atoms with E-state index in [-0.39, 0.29) is 5.69 Å². The van der Waals surface area contributed by atoms with Crippen molar-refractivity contribution in [2.45, 2.75) is 19.8 Å². The predicted octanol–water partition coefficient (Wildman–Crippen LogP) is 2.02. The highest BCUT2D eigenvalue weighted by molar-refractivity contribution is 5.56. The molecule has 0 aromatic carbocycles. The summed E-state index contributed by atoms with van der Waals surface area (Å²) in [5.41, 5.74) is 2.22. The van der Waals surface area contributed by atoms with Gasteiger partial charge in [0.1, 0.15) is 0 Å². The molecule has 0 atom stereocenters. The number of pyridine rings is 1. The van der Waals surface area contributed by atoms with Gasteiger partial charge in [-0.3, -0.25) is 10.1 Å². The number of hydrogen-bond acceptors (Lipinski definition) is 5. The van der Waals surface area contributed by atoms with Gasteiger partial charge in [0, 0.05) is 25.4 Å². The average Bonchev–Trinajstić information content (AvgIpc) is 2.41. The van der Waals surface area contributed by atoms with Gasteiger partial charge in [0.25, 0.3) is 0 Å². The summed E-state index contributed by atoms with van der Waals surface area (Å²) >= 11 is 0. The number of nitrogens with zero attached hydrogens (tertiary/aromatic N) is 2. The summed E-state index contributed by atoms with van der Waals surface area (Å²) in [6, 6.07) is 1.54. The number of hydrogen-bond donors (Lipinski definition) is 2. The molecule has 0 aliphatic carbocycles. The second-order valence-corrected chi connectivity index (χ2v) is 4.63. The van der Waals surface area contributed by atoms with Crippen LogP contribution in [0, 0.1) is 17.0 Å². The molecule has 0 fully saturated rings. The third-order valence-corrected chi connectivity index (χ3v) is 3.10. The Labute approximate surface area is 112 Å². The molecule has 0 unspecified atom stereocenters. The Morgan fingerprint density at radius 1 is 1.58 bits per heavy atom. The SMILES string of the molecule is Cc1cnc(NCCC2=CCNCC2)c([N+](=O)[O-])c1. The molecule has 1 aromatic rings. The van der Waals surface area contributed by atoms with Gasteiger partial charge < -0.3 is 10.6 Å². The summed E-state index contributed by atoms with van der Waals surface area (Å²) in [7, 11) is 0. The zero-order chi connectivity index (χ0) is 13.7. The standard InChI is InChI=1S/C13H18N4O2/c1-10-8-12(17(18)19)13(16-9-10)15-7-4-11-2-5-14-6-3-11/h2,8-9,14H,3-7H2,1H3,(H,15,16). The molecule has 1 aromatic heterocycles. The zero-order valence-electron chi connectivity index (χ0n) is 11.0. The molecule has 0 radical (unpaired) electrons. The summed E-state index contributed by atoms with van der Waals surface area (Å²) in [6.45, 7) is 4.39. The van der Waals surface area contributed by atoms with Crippen molar-refractivity contribution >= 4 is 11.5 Å². The van der Waals surface area contributed by atoms with Crippen molar-refractivity contribution in [1.29, 1.82) is 0 Å². The van der Waals surface area contributed by atoms with E-state index < -0.39 is 4.92 Å². The van der Waals surface area contributed by atoms with Crippen LogP contribution in [0.1, 0.15) is 18.4 Å². The molecule has 2 rings (SSSR count). The van der Waals surface area contributed by atoms with E-state index in [9.17, 15) is 10.1 Å². The van der Waals surface area contributed by atoms with E-state index in [0.717, 1.165) is 31.5 Å². The van der Waals surface area contributed by atoms with Crippen molar-refractivity contribution in [3.8, 4) is 0 Å². The van der Waals surface area contributed by atoms with E-state index in [1.807, 2.05) is 0 Å². The molecule has 2 heterocycles. The number of nitro groups is 1. The zero-order valence-corrected chi connectivity index (χ0v) is 11.0. The lowest BCUT2D eigenvalue weighted by Gasteiger charge is -2.14. The summed E-state index contributed by atoms with van der Waals surface area (Å²) < 4.78 is 0. The van der Waals surface area contributed by atoms with Gasteiger partial charge in [0.2, 0.25) is 5.82 Å². The minimum Gasteiger partial charge on any atom is -0.364 e. The van der Waals surface area contributed by atoms with Crippen LogP contribution >= 0.6 is 0 Å². The van der Waals surface area contributed by atoms with Crippen molar-refractivity contribution in [3.63, 3.8) is 0 Å². The van der Waals surface area contributed by atoms with Crippen molar-refractivity contribution in [2.24, 2.45) is 0 Å². The number of aromatic nitrogens is 1. The number of nitrogens with one attached hydrogen (secondary N) is 2. The molecule has 1 aliphatic heterocycles. The fourth-order valence-electron chi connectivity index (χ4n) is 2.07. The van der Waals surface area contributed by atoms with Gasteiger partial charge in [-0.05, 0) is 31.9 Å². The topological polar surface area (TPSA) is 80.1 Å². The molecule has 0 saturated heterocycles. The van der Waals surface area contributed by atoms with Gasteiger partial charge >= 0.3 is 5.69 Å². The molecule has 6 heteroatoms. The van der Waals surface area contributed by atoms with Crippen LogP contribution in [-0.4, -0.2) is 29.5 Å². The van der Waals surface area contributed by atoms with E-state index in [0.29, 0.717) is 12.4 Å². The summed E-state index contributed by atoms with van der Waals surface area (Å²) in [6.07, 6.45) is 5.76. The first-order chi connectivity index (χ1) is 9.16. The molecular formula is C13H18N4O2. The first-order valence-corrected chi connectivity index (χ1v) is 6.40. The van der Waals surface area contributed by atoms with E-state index in [2.05, 4.69) is 21.7 Å². The van der Waals surface area contributed by atoms with Crippen LogP contribution in [0.25, 0.3) is 0 Å². The Hall–Kier alpha value is -1.95. The Kier molecular flexibility index (Phi) is 4.46. The van der Waals surface area contributed by atoms with Gasteiger partial charge in [0.15, 0.2) is 0 Å². The van der Waals surface area contributed by atoms with Gasteiger partial charge in [-0.2, -0.15) is 0 Å².